The number of halogens is 4. The van der Waals surface area contributed by atoms with Gasteiger partial charge in [-0.15, -0.1) is 11.8 Å². The molecular formula is C11H13F4N3OS. The van der Waals surface area contributed by atoms with Gasteiger partial charge in [0.05, 0.1) is 11.4 Å². The molecule has 0 spiro atoms. The average molecular weight is 311 g/mol. The minimum Gasteiger partial charge on any atom is -0.304 e. The summed E-state index contributed by atoms with van der Waals surface area (Å²) in [5, 5.41) is 2.86. The van der Waals surface area contributed by atoms with Crippen molar-refractivity contribution in [1.82, 2.24) is 5.01 Å². The van der Waals surface area contributed by atoms with E-state index in [9.17, 15) is 22.4 Å². The van der Waals surface area contributed by atoms with E-state index in [4.69, 9.17) is 5.84 Å². The summed E-state index contributed by atoms with van der Waals surface area (Å²) >= 11 is 0.525. The average Bonchev–Trinajstić information content (AvgIpc) is 2.29. The smallest absolute Gasteiger partial charge is 0.304 e. The highest BCUT2D eigenvalue weighted by Gasteiger charge is 2.27. The van der Waals surface area contributed by atoms with Gasteiger partial charge in [-0.2, -0.15) is 13.2 Å². The van der Waals surface area contributed by atoms with Crippen LogP contribution < -0.4 is 11.2 Å². The van der Waals surface area contributed by atoms with Crippen LogP contribution in [0.25, 0.3) is 0 Å². The molecule has 0 atom stereocenters. The van der Waals surface area contributed by atoms with Crippen molar-refractivity contribution in [3.63, 3.8) is 0 Å². The molecule has 3 N–H and O–H groups in total. The minimum absolute atomic E-state index is 0.220. The number of benzene rings is 1. The molecule has 1 aromatic rings. The van der Waals surface area contributed by atoms with E-state index in [0.717, 1.165) is 12.1 Å². The Bertz CT molecular complexity index is 505. The number of nitrogens with zero attached hydrogens (tertiary/aromatic N) is 1. The predicted octanol–water partition coefficient (Wildman–Crippen LogP) is 3.13. The summed E-state index contributed by atoms with van der Waals surface area (Å²) in [6, 6.07) is 1.44. The lowest BCUT2D eigenvalue weighted by Crippen LogP contribution is -2.37. The SMILES string of the molecule is Cc1cc(F)c(NC(=O)N(C)N)cc1SCC(F)(F)F. The fourth-order valence-electron chi connectivity index (χ4n) is 1.27. The van der Waals surface area contributed by atoms with Gasteiger partial charge in [-0.3, -0.25) is 5.01 Å². The van der Waals surface area contributed by atoms with Crippen LogP contribution in [0.2, 0.25) is 0 Å². The highest BCUT2D eigenvalue weighted by Crippen LogP contribution is 2.32. The van der Waals surface area contributed by atoms with E-state index in [1.807, 2.05) is 0 Å². The number of aryl methyl sites for hydroxylation is 1. The standard InChI is InChI=1S/C11H13F4N3OS/c1-6-3-7(12)8(17-10(19)18(2)16)4-9(6)20-5-11(13,14)15/h3-4H,5,16H2,1-2H3,(H,17,19). The van der Waals surface area contributed by atoms with E-state index in [2.05, 4.69) is 5.32 Å². The van der Waals surface area contributed by atoms with Gasteiger partial charge in [0.2, 0.25) is 0 Å². The van der Waals surface area contributed by atoms with E-state index >= 15 is 0 Å². The number of nitrogens with two attached hydrogens (primary N) is 1. The second kappa shape index (κ2) is 6.31. The van der Waals surface area contributed by atoms with Gasteiger partial charge in [0.15, 0.2) is 0 Å². The number of anilines is 1. The molecule has 0 fully saturated rings. The van der Waals surface area contributed by atoms with Crippen molar-refractivity contribution in [1.29, 1.82) is 0 Å². The Hall–Kier alpha value is -1.48. The molecule has 0 heterocycles. The lowest BCUT2D eigenvalue weighted by molar-refractivity contribution is -0.105. The summed E-state index contributed by atoms with van der Waals surface area (Å²) in [6.45, 7) is 1.49. The van der Waals surface area contributed by atoms with E-state index in [1.165, 1.54) is 14.0 Å². The van der Waals surface area contributed by atoms with Crippen LogP contribution >= 0.6 is 11.8 Å². The number of rotatable bonds is 3. The number of thioether (sulfide) groups is 1. The van der Waals surface area contributed by atoms with E-state index in [1.54, 1.807) is 0 Å². The van der Waals surface area contributed by atoms with Crippen LogP contribution in [0.3, 0.4) is 0 Å². The van der Waals surface area contributed by atoms with Crippen molar-refractivity contribution in [3.8, 4) is 0 Å². The molecule has 0 aliphatic carbocycles. The zero-order chi connectivity index (χ0) is 15.5. The molecule has 0 aliphatic heterocycles. The molecule has 1 aromatic carbocycles. The molecule has 0 aromatic heterocycles. The third-order valence-corrected chi connectivity index (χ3v) is 3.44. The van der Waals surface area contributed by atoms with Gasteiger partial charge in [0.25, 0.3) is 0 Å². The number of hydrogen-bond donors (Lipinski definition) is 2. The van der Waals surface area contributed by atoms with Crippen molar-refractivity contribution in [2.75, 3.05) is 18.1 Å². The number of hydrogen-bond acceptors (Lipinski definition) is 3. The third kappa shape index (κ3) is 4.89. The van der Waals surface area contributed by atoms with Crippen LogP contribution in [0.5, 0.6) is 0 Å². The molecule has 0 radical (unpaired) electrons. The van der Waals surface area contributed by atoms with Gasteiger partial charge in [-0.25, -0.2) is 15.0 Å². The van der Waals surface area contributed by atoms with Crippen LogP contribution in [-0.2, 0) is 0 Å². The highest BCUT2D eigenvalue weighted by atomic mass is 32.2. The molecule has 0 aliphatic rings. The summed E-state index contributed by atoms with van der Waals surface area (Å²) in [7, 11) is 1.25. The van der Waals surface area contributed by atoms with Crippen LogP contribution in [0.4, 0.5) is 28.0 Å². The monoisotopic (exact) mass is 311 g/mol. The van der Waals surface area contributed by atoms with Gasteiger partial charge in [0, 0.05) is 11.9 Å². The summed E-state index contributed by atoms with van der Waals surface area (Å²) in [5.74, 6) is 3.33. The second-order valence-corrected chi connectivity index (χ2v) is 5.06. The maximum atomic E-state index is 13.6. The molecule has 112 valence electrons. The number of hydrazine groups is 1. The normalized spacial score (nSPS) is 11.3. The Labute approximate surface area is 117 Å². The van der Waals surface area contributed by atoms with Gasteiger partial charge >= 0.3 is 12.2 Å². The van der Waals surface area contributed by atoms with Crippen molar-refractivity contribution in [2.24, 2.45) is 5.84 Å². The summed E-state index contributed by atoms with van der Waals surface area (Å²) in [6.07, 6.45) is -4.33. The van der Waals surface area contributed by atoms with Crippen molar-refractivity contribution in [3.05, 3.63) is 23.5 Å². The summed E-state index contributed by atoms with van der Waals surface area (Å²) < 4.78 is 50.2. The Balaban J connectivity index is 2.94. The van der Waals surface area contributed by atoms with E-state index in [-0.39, 0.29) is 10.6 Å². The number of nitrogens with one attached hydrogen (secondary N) is 1. The van der Waals surface area contributed by atoms with Gasteiger partial charge in [-0.05, 0) is 24.6 Å². The van der Waals surface area contributed by atoms with Crippen LogP contribution in [0.15, 0.2) is 17.0 Å². The van der Waals surface area contributed by atoms with E-state index < -0.39 is 23.8 Å². The zero-order valence-corrected chi connectivity index (χ0v) is 11.5. The summed E-state index contributed by atoms with van der Waals surface area (Å²) in [4.78, 5) is 11.5. The largest absolute Gasteiger partial charge is 0.398 e. The first-order chi connectivity index (χ1) is 9.10. The van der Waals surface area contributed by atoms with Crippen LogP contribution in [-0.4, -0.2) is 30.0 Å². The third-order valence-electron chi connectivity index (χ3n) is 2.22. The molecule has 9 heteroatoms. The Kier molecular flexibility index (Phi) is 5.23. The van der Waals surface area contributed by atoms with Crippen molar-refractivity contribution in [2.45, 2.75) is 18.0 Å². The first-order valence-electron chi connectivity index (χ1n) is 5.39. The van der Waals surface area contributed by atoms with Crippen molar-refractivity contribution < 1.29 is 22.4 Å². The predicted molar refractivity (Wildman–Crippen MR) is 68.9 cm³/mol. The quantitative estimate of drug-likeness (QED) is 0.296. The first-order valence-corrected chi connectivity index (χ1v) is 6.38. The Morgan fingerprint density at radius 2 is 2.05 bits per heavy atom. The minimum atomic E-state index is -4.33. The maximum Gasteiger partial charge on any atom is 0.398 e. The molecule has 0 saturated carbocycles. The fraction of sp³-hybridized carbons (Fsp3) is 0.364. The second-order valence-electron chi connectivity index (χ2n) is 4.04. The lowest BCUT2D eigenvalue weighted by Gasteiger charge is -2.14. The number of amides is 2. The Morgan fingerprint density at radius 3 is 2.55 bits per heavy atom. The summed E-state index contributed by atoms with van der Waals surface area (Å²) in [5.41, 5.74) is 0.137. The molecule has 0 bridgehead atoms. The zero-order valence-electron chi connectivity index (χ0n) is 10.7. The molecular weight excluding hydrogens is 298 g/mol. The molecule has 0 unspecified atom stereocenters. The van der Waals surface area contributed by atoms with E-state index in [0.29, 0.717) is 22.3 Å². The number of carbonyl (C=O) groups is 1. The van der Waals surface area contributed by atoms with Gasteiger partial charge < -0.3 is 5.32 Å². The number of urea groups is 1. The molecule has 1 rings (SSSR count). The van der Waals surface area contributed by atoms with Crippen LogP contribution in [0, 0.1) is 12.7 Å². The fourth-order valence-corrected chi connectivity index (χ4v) is 2.07. The molecule has 20 heavy (non-hydrogen) atoms. The maximum absolute atomic E-state index is 13.6. The topological polar surface area (TPSA) is 58.4 Å². The number of carbonyl (C=O) groups excluding carboxylic acids is 1. The molecule has 2 amide bonds. The highest BCUT2D eigenvalue weighted by molar-refractivity contribution is 7.99. The van der Waals surface area contributed by atoms with Gasteiger partial charge in [0.1, 0.15) is 5.82 Å². The van der Waals surface area contributed by atoms with Crippen molar-refractivity contribution >= 4 is 23.5 Å². The van der Waals surface area contributed by atoms with Crippen LogP contribution in [0.1, 0.15) is 5.56 Å². The Morgan fingerprint density at radius 1 is 1.45 bits per heavy atom. The molecule has 0 saturated heterocycles. The van der Waals surface area contributed by atoms with Gasteiger partial charge in [-0.1, -0.05) is 0 Å². The molecule has 4 nitrogen and oxygen atoms in total. The first kappa shape index (κ1) is 16.6. The lowest BCUT2D eigenvalue weighted by atomic mass is 10.2. The number of alkyl halides is 3.